The second-order valence-electron chi connectivity index (χ2n) is 5.60. The van der Waals surface area contributed by atoms with E-state index in [2.05, 4.69) is 18.8 Å². The van der Waals surface area contributed by atoms with Crippen molar-refractivity contribution in [1.82, 2.24) is 0 Å². The lowest BCUT2D eigenvalue weighted by Crippen LogP contribution is -2.25. The number of benzene rings is 1. The molecule has 0 radical (unpaired) electrons. The maximum absolute atomic E-state index is 13.7. The van der Waals surface area contributed by atoms with Crippen LogP contribution in [0.5, 0.6) is 5.75 Å². The van der Waals surface area contributed by atoms with Gasteiger partial charge in [-0.25, -0.2) is 4.39 Å². The quantitative estimate of drug-likeness (QED) is 0.552. The summed E-state index contributed by atoms with van der Waals surface area (Å²) in [6.45, 7) is 2.22. The molecular weight excluding hydrogens is 287 g/mol. The van der Waals surface area contributed by atoms with E-state index in [1.54, 1.807) is 0 Å². The molecule has 2 unspecified atom stereocenters. The first-order valence-electron chi connectivity index (χ1n) is 7.73. The average molecular weight is 309 g/mol. The lowest BCUT2D eigenvalue weighted by atomic mass is 9.85. The predicted octanol–water partition coefficient (Wildman–Crippen LogP) is 5.15. The van der Waals surface area contributed by atoms with Gasteiger partial charge in [0.1, 0.15) is 11.6 Å². The van der Waals surface area contributed by atoms with Gasteiger partial charge >= 0.3 is 0 Å². The van der Waals surface area contributed by atoms with E-state index < -0.39 is 0 Å². The summed E-state index contributed by atoms with van der Waals surface area (Å²) in [5.41, 5.74) is 0.651. The molecule has 3 heteroatoms. The minimum absolute atomic E-state index is 0.203. The third-order valence-electron chi connectivity index (χ3n) is 3.94. The fraction of sp³-hybridized carbons (Fsp3) is 0.556. The van der Waals surface area contributed by atoms with Gasteiger partial charge in [-0.1, -0.05) is 31.6 Å². The second kappa shape index (κ2) is 8.29. The van der Waals surface area contributed by atoms with Crippen LogP contribution >= 0.6 is 11.6 Å². The van der Waals surface area contributed by atoms with E-state index in [4.69, 9.17) is 16.3 Å². The van der Waals surface area contributed by atoms with E-state index in [1.165, 1.54) is 31.4 Å². The van der Waals surface area contributed by atoms with Crippen molar-refractivity contribution in [2.45, 2.75) is 51.6 Å². The number of ether oxygens (including phenoxy) is 1. The molecule has 0 bridgehead atoms. The van der Waals surface area contributed by atoms with Crippen molar-refractivity contribution in [3.63, 3.8) is 0 Å². The van der Waals surface area contributed by atoms with Crippen LogP contribution in [-0.2, 0) is 0 Å². The zero-order chi connectivity index (χ0) is 15.1. The minimum atomic E-state index is -0.300. The predicted molar refractivity (Wildman–Crippen MR) is 85.3 cm³/mol. The topological polar surface area (TPSA) is 9.23 Å². The van der Waals surface area contributed by atoms with Crippen molar-refractivity contribution >= 4 is 11.6 Å². The zero-order valence-electron chi connectivity index (χ0n) is 12.5. The first kappa shape index (κ1) is 16.2. The highest BCUT2D eigenvalue weighted by Gasteiger charge is 2.22. The first-order chi connectivity index (χ1) is 10.2. The fourth-order valence-electron chi connectivity index (χ4n) is 2.83. The van der Waals surface area contributed by atoms with Crippen molar-refractivity contribution in [3.8, 4) is 17.6 Å². The van der Waals surface area contributed by atoms with Crippen LogP contribution in [0.25, 0.3) is 0 Å². The molecule has 21 heavy (non-hydrogen) atoms. The van der Waals surface area contributed by atoms with Crippen LogP contribution in [0.15, 0.2) is 18.2 Å². The van der Waals surface area contributed by atoms with Crippen molar-refractivity contribution in [2.24, 2.45) is 5.92 Å². The summed E-state index contributed by atoms with van der Waals surface area (Å²) >= 11 is 5.59. The standard InChI is InChI=1S/C18H22ClFO/c1-2-14-7-5-8-17(11-14)21-18-12-15(6-3-4-9-19)10-16(20)13-18/h10,12-14,17H,2,4-5,7-9,11H2,1H3. The maximum Gasteiger partial charge on any atom is 0.128 e. The van der Waals surface area contributed by atoms with Crippen LogP contribution in [0.2, 0.25) is 0 Å². The molecule has 0 aliphatic heterocycles. The van der Waals surface area contributed by atoms with Crippen molar-refractivity contribution in [1.29, 1.82) is 0 Å². The molecule has 0 spiro atoms. The molecule has 1 saturated carbocycles. The first-order valence-corrected chi connectivity index (χ1v) is 8.26. The highest BCUT2D eigenvalue weighted by molar-refractivity contribution is 6.18. The van der Waals surface area contributed by atoms with E-state index in [0.717, 1.165) is 18.8 Å². The van der Waals surface area contributed by atoms with Crippen LogP contribution in [0, 0.1) is 23.6 Å². The van der Waals surface area contributed by atoms with Gasteiger partial charge in [0.25, 0.3) is 0 Å². The Morgan fingerprint density at radius 1 is 1.33 bits per heavy atom. The molecule has 0 amide bonds. The molecule has 1 nitrogen and oxygen atoms in total. The van der Waals surface area contributed by atoms with Crippen LogP contribution in [0.3, 0.4) is 0 Å². The summed E-state index contributed by atoms with van der Waals surface area (Å²) < 4.78 is 19.6. The second-order valence-corrected chi connectivity index (χ2v) is 5.98. The molecule has 1 aliphatic rings. The third-order valence-corrected chi connectivity index (χ3v) is 4.13. The molecule has 1 aromatic rings. The van der Waals surface area contributed by atoms with Crippen molar-refractivity contribution in [3.05, 3.63) is 29.6 Å². The Labute approximate surface area is 131 Å². The molecule has 1 aromatic carbocycles. The van der Waals surface area contributed by atoms with E-state index in [0.29, 0.717) is 23.6 Å². The molecule has 2 atom stereocenters. The molecule has 2 rings (SSSR count). The van der Waals surface area contributed by atoms with Crippen LogP contribution in [0.4, 0.5) is 4.39 Å². The summed E-state index contributed by atoms with van der Waals surface area (Å²) in [6.07, 6.45) is 6.61. The molecule has 0 N–H and O–H groups in total. The van der Waals surface area contributed by atoms with Gasteiger partial charge in [-0.2, -0.15) is 0 Å². The van der Waals surface area contributed by atoms with Crippen LogP contribution in [0.1, 0.15) is 51.0 Å². The Morgan fingerprint density at radius 2 is 2.19 bits per heavy atom. The Balaban J connectivity index is 2.04. The van der Waals surface area contributed by atoms with Gasteiger partial charge in [0, 0.05) is 23.9 Å². The third kappa shape index (κ3) is 5.25. The molecule has 1 aliphatic carbocycles. The molecule has 0 aromatic heterocycles. The number of hydrogen-bond acceptors (Lipinski definition) is 1. The molecule has 1 fully saturated rings. The molecule has 0 heterocycles. The Hall–Kier alpha value is -1.20. The van der Waals surface area contributed by atoms with Crippen LogP contribution < -0.4 is 4.74 Å². The summed E-state index contributed by atoms with van der Waals surface area (Å²) in [5.74, 6) is 7.37. The van der Waals surface area contributed by atoms with Gasteiger partial charge in [-0.05, 0) is 37.3 Å². The number of halogens is 2. The zero-order valence-corrected chi connectivity index (χ0v) is 13.3. The molecule has 114 valence electrons. The largest absolute Gasteiger partial charge is 0.490 e. The maximum atomic E-state index is 13.7. The Morgan fingerprint density at radius 3 is 2.95 bits per heavy atom. The fourth-order valence-corrected chi connectivity index (χ4v) is 2.92. The molecule has 0 saturated heterocycles. The number of rotatable bonds is 4. The normalized spacial score (nSPS) is 21.5. The van der Waals surface area contributed by atoms with E-state index >= 15 is 0 Å². The van der Waals surface area contributed by atoms with Gasteiger partial charge in [0.2, 0.25) is 0 Å². The van der Waals surface area contributed by atoms with Gasteiger partial charge in [-0.3, -0.25) is 0 Å². The monoisotopic (exact) mass is 308 g/mol. The van der Waals surface area contributed by atoms with Gasteiger partial charge < -0.3 is 4.74 Å². The summed E-state index contributed by atoms with van der Waals surface area (Å²) in [7, 11) is 0. The lowest BCUT2D eigenvalue weighted by molar-refractivity contribution is 0.121. The van der Waals surface area contributed by atoms with Gasteiger partial charge in [0.05, 0.1) is 6.10 Å². The van der Waals surface area contributed by atoms with E-state index in [1.807, 2.05) is 6.07 Å². The van der Waals surface area contributed by atoms with Gasteiger partial charge in [-0.15, -0.1) is 11.6 Å². The smallest absolute Gasteiger partial charge is 0.128 e. The highest BCUT2D eigenvalue weighted by Crippen LogP contribution is 2.30. The number of alkyl halides is 1. The average Bonchev–Trinajstić information content (AvgIpc) is 2.47. The lowest BCUT2D eigenvalue weighted by Gasteiger charge is -2.29. The highest BCUT2D eigenvalue weighted by atomic mass is 35.5. The summed E-state index contributed by atoms with van der Waals surface area (Å²) in [5, 5.41) is 0. The van der Waals surface area contributed by atoms with E-state index in [9.17, 15) is 4.39 Å². The Bertz CT molecular complexity index is 518. The van der Waals surface area contributed by atoms with Crippen molar-refractivity contribution in [2.75, 3.05) is 5.88 Å². The minimum Gasteiger partial charge on any atom is -0.490 e. The van der Waals surface area contributed by atoms with Gasteiger partial charge in [0.15, 0.2) is 0 Å². The summed E-state index contributed by atoms with van der Waals surface area (Å²) in [4.78, 5) is 0. The van der Waals surface area contributed by atoms with E-state index in [-0.39, 0.29) is 11.9 Å². The molecular formula is C18H22ClFO. The summed E-state index contributed by atoms with van der Waals surface area (Å²) in [6, 6.07) is 4.70. The van der Waals surface area contributed by atoms with Crippen LogP contribution in [-0.4, -0.2) is 12.0 Å². The van der Waals surface area contributed by atoms with Crippen molar-refractivity contribution < 1.29 is 9.13 Å². The SMILES string of the molecule is CCC1CCCC(Oc2cc(F)cc(C#CCCCl)c2)C1. The number of hydrogen-bond donors (Lipinski definition) is 0. The Kier molecular flexibility index (Phi) is 6.39.